The van der Waals surface area contributed by atoms with Crippen LogP contribution in [0.3, 0.4) is 0 Å². The second-order valence-corrected chi connectivity index (χ2v) is 6.21. The minimum absolute atomic E-state index is 0.0255. The predicted octanol–water partition coefficient (Wildman–Crippen LogP) is 2.21. The first kappa shape index (κ1) is 17.2. The van der Waals surface area contributed by atoms with Gasteiger partial charge >= 0.3 is 0 Å². The van der Waals surface area contributed by atoms with Gasteiger partial charge in [0.2, 0.25) is 0 Å². The molecule has 2 aromatic heterocycles. The zero-order chi connectivity index (χ0) is 18.6. The Kier molecular flexibility index (Phi) is 4.80. The van der Waals surface area contributed by atoms with Gasteiger partial charge in [0.25, 0.3) is 17.4 Å². The lowest BCUT2D eigenvalue weighted by Crippen LogP contribution is -2.29. The highest BCUT2D eigenvalue weighted by molar-refractivity contribution is 5.93. The van der Waals surface area contributed by atoms with Crippen LogP contribution in [0.5, 0.6) is 0 Å². The average Bonchev–Trinajstić information content (AvgIpc) is 3.38. The van der Waals surface area contributed by atoms with E-state index < -0.39 is 11.5 Å². The van der Waals surface area contributed by atoms with Crippen molar-refractivity contribution >= 4 is 5.91 Å². The highest BCUT2D eigenvalue weighted by atomic mass is 16.5. The van der Waals surface area contributed by atoms with Crippen molar-refractivity contribution in [2.45, 2.75) is 25.5 Å². The quantitative estimate of drug-likeness (QED) is 0.716. The molecular formula is C19H18N4O4. The third kappa shape index (κ3) is 3.80. The van der Waals surface area contributed by atoms with Gasteiger partial charge in [0.1, 0.15) is 11.7 Å². The van der Waals surface area contributed by atoms with E-state index in [-0.39, 0.29) is 18.2 Å². The molecule has 0 saturated carbocycles. The number of hydrogen-bond acceptors (Lipinski definition) is 6. The fourth-order valence-electron chi connectivity index (χ4n) is 2.94. The molecule has 1 aliphatic heterocycles. The van der Waals surface area contributed by atoms with Gasteiger partial charge < -0.3 is 19.6 Å². The standard InChI is InChI=1S/C19H18N4O4/c24-17(20-11-16-22-19(27-23-16)15-7-4-10-26-15)13-8-9-14(21-18(13)25)12-5-2-1-3-6-12/h1-3,5-6,8-9,15H,4,7,10-11H2,(H,20,24)(H,21,25)/t15-/m0/s1. The topological polar surface area (TPSA) is 110 Å². The molecule has 0 radical (unpaired) electrons. The summed E-state index contributed by atoms with van der Waals surface area (Å²) in [6.07, 6.45) is 1.63. The Balaban J connectivity index is 1.42. The van der Waals surface area contributed by atoms with Crippen LogP contribution in [-0.2, 0) is 11.3 Å². The van der Waals surface area contributed by atoms with Gasteiger partial charge in [0.05, 0.1) is 6.54 Å². The third-order valence-corrected chi connectivity index (χ3v) is 4.33. The Labute approximate surface area is 154 Å². The highest BCUT2D eigenvalue weighted by Crippen LogP contribution is 2.26. The Hall–Kier alpha value is -3.26. The van der Waals surface area contributed by atoms with Crippen molar-refractivity contribution < 1.29 is 14.1 Å². The number of hydrogen-bond donors (Lipinski definition) is 2. The van der Waals surface area contributed by atoms with Crippen molar-refractivity contribution in [1.82, 2.24) is 20.4 Å². The maximum atomic E-state index is 12.3. The van der Waals surface area contributed by atoms with Crippen molar-refractivity contribution in [3.8, 4) is 11.3 Å². The molecule has 4 rings (SSSR count). The number of rotatable bonds is 5. The molecule has 0 unspecified atom stereocenters. The summed E-state index contributed by atoms with van der Waals surface area (Å²) in [5.74, 6) is 0.257. The second-order valence-electron chi connectivity index (χ2n) is 6.21. The van der Waals surface area contributed by atoms with Crippen molar-refractivity contribution in [3.05, 3.63) is 70.1 Å². The molecule has 0 bridgehead atoms. The molecule has 1 aliphatic rings. The van der Waals surface area contributed by atoms with E-state index in [2.05, 4.69) is 20.4 Å². The van der Waals surface area contributed by atoms with Crippen molar-refractivity contribution in [3.63, 3.8) is 0 Å². The number of carbonyl (C=O) groups excluding carboxylic acids is 1. The molecule has 1 aromatic carbocycles. The summed E-state index contributed by atoms with van der Waals surface area (Å²) in [6.45, 7) is 0.746. The fraction of sp³-hybridized carbons (Fsp3) is 0.263. The number of benzene rings is 1. The van der Waals surface area contributed by atoms with Crippen LogP contribution in [0.1, 0.15) is 41.0 Å². The van der Waals surface area contributed by atoms with Gasteiger partial charge in [-0.1, -0.05) is 35.5 Å². The van der Waals surface area contributed by atoms with Gasteiger partial charge in [-0.05, 0) is 30.5 Å². The monoisotopic (exact) mass is 366 g/mol. The average molecular weight is 366 g/mol. The number of aromatic nitrogens is 3. The summed E-state index contributed by atoms with van der Waals surface area (Å²) in [7, 11) is 0. The van der Waals surface area contributed by atoms with Crippen LogP contribution in [-0.4, -0.2) is 27.6 Å². The number of pyridine rings is 1. The summed E-state index contributed by atoms with van der Waals surface area (Å²) in [6, 6.07) is 12.6. The SMILES string of the molecule is O=C(NCc1noc([C@@H]2CCCO2)n1)c1ccc(-c2ccccc2)[nH]c1=O. The maximum absolute atomic E-state index is 12.3. The highest BCUT2D eigenvalue weighted by Gasteiger charge is 2.24. The van der Waals surface area contributed by atoms with Crippen molar-refractivity contribution in [2.24, 2.45) is 0 Å². The Morgan fingerprint density at radius 3 is 2.81 bits per heavy atom. The molecule has 3 aromatic rings. The van der Waals surface area contributed by atoms with Crippen LogP contribution in [0.25, 0.3) is 11.3 Å². The lowest BCUT2D eigenvalue weighted by molar-refractivity contribution is 0.0835. The van der Waals surface area contributed by atoms with Crippen LogP contribution >= 0.6 is 0 Å². The molecule has 8 nitrogen and oxygen atoms in total. The van der Waals surface area contributed by atoms with E-state index in [1.165, 1.54) is 6.07 Å². The summed E-state index contributed by atoms with van der Waals surface area (Å²) < 4.78 is 10.7. The van der Waals surface area contributed by atoms with E-state index >= 15 is 0 Å². The zero-order valence-corrected chi connectivity index (χ0v) is 14.5. The summed E-state index contributed by atoms with van der Waals surface area (Å²) in [5, 5.41) is 6.47. The van der Waals surface area contributed by atoms with Crippen LogP contribution in [0.4, 0.5) is 0 Å². The van der Waals surface area contributed by atoms with E-state index in [4.69, 9.17) is 9.26 Å². The molecule has 8 heteroatoms. The van der Waals surface area contributed by atoms with Crippen LogP contribution in [0.2, 0.25) is 0 Å². The van der Waals surface area contributed by atoms with Crippen LogP contribution in [0.15, 0.2) is 51.8 Å². The molecule has 27 heavy (non-hydrogen) atoms. The van der Waals surface area contributed by atoms with Crippen molar-refractivity contribution in [2.75, 3.05) is 6.61 Å². The Bertz CT molecular complexity index is 990. The van der Waals surface area contributed by atoms with Crippen molar-refractivity contribution in [1.29, 1.82) is 0 Å². The van der Waals surface area contributed by atoms with E-state index in [1.54, 1.807) is 6.07 Å². The number of nitrogens with zero attached hydrogens (tertiary/aromatic N) is 2. The van der Waals surface area contributed by atoms with E-state index in [0.29, 0.717) is 24.0 Å². The largest absolute Gasteiger partial charge is 0.368 e. The van der Waals surface area contributed by atoms with Gasteiger partial charge in [-0.3, -0.25) is 9.59 Å². The fourth-order valence-corrected chi connectivity index (χ4v) is 2.94. The zero-order valence-electron chi connectivity index (χ0n) is 14.5. The number of ether oxygens (including phenoxy) is 1. The Morgan fingerprint density at radius 1 is 1.22 bits per heavy atom. The first-order chi connectivity index (χ1) is 13.2. The number of H-pyrrole nitrogens is 1. The second kappa shape index (κ2) is 7.55. The molecule has 1 fully saturated rings. The van der Waals surface area contributed by atoms with Gasteiger partial charge in [-0.15, -0.1) is 0 Å². The molecule has 0 aliphatic carbocycles. The minimum atomic E-state index is -0.501. The van der Waals surface area contributed by atoms with E-state index in [1.807, 2.05) is 30.3 Å². The predicted molar refractivity (Wildman–Crippen MR) is 95.9 cm³/mol. The van der Waals surface area contributed by atoms with Crippen LogP contribution in [0, 0.1) is 0 Å². The lowest BCUT2D eigenvalue weighted by Gasteiger charge is -2.05. The van der Waals surface area contributed by atoms with Crippen LogP contribution < -0.4 is 10.9 Å². The molecule has 1 amide bonds. The molecule has 138 valence electrons. The molecule has 2 N–H and O–H groups in total. The third-order valence-electron chi connectivity index (χ3n) is 4.33. The van der Waals surface area contributed by atoms with Gasteiger partial charge in [0, 0.05) is 12.3 Å². The Morgan fingerprint density at radius 2 is 2.07 bits per heavy atom. The van der Waals surface area contributed by atoms with E-state index in [9.17, 15) is 9.59 Å². The first-order valence-electron chi connectivity index (χ1n) is 8.72. The van der Waals surface area contributed by atoms with E-state index in [0.717, 1.165) is 18.4 Å². The molecule has 0 spiro atoms. The molecule has 1 saturated heterocycles. The number of aromatic amines is 1. The maximum Gasteiger partial charge on any atom is 0.261 e. The minimum Gasteiger partial charge on any atom is -0.368 e. The molecule has 1 atom stereocenters. The van der Waals surface area contributed by atoms with Gasteiger partial charge in [-0.2, -0.15) is 4.98 Å². The van der Waals surface area contributed by atoms with Gasteiger partial charge in [-0.25, -0.2) is 0 Å². The molecular weight excluding hydrogens is 348 g/mol. The molecule has 3 heterocycles. The summed E-state index contributed by atoms with van der Waals surface area (Å²) in [4.78, 5) is 31.5. The lowest BCUT2D eigenvalue weighted by atomic mass is 10.1. The number of amides is 1. The normalized spacial score (nSPS) is 16.4. The number of carbonyl (C=O) groups is 1. The first-order valence-corrected chi connectivity index (χ1v) is 8.72. The summed E-state index contributed by atoms with van der Waals surface area (Å²) in [5.41, 5.74) is 1.09. The number of nitrogens with one attached hydrogen (secondary N) is 2. The summed E-state index contributed by atoms with van der Waals surface area (Å²) >= 11 is 0. The smallest absolute Gasteiger partial charge is 0.261 e. The van der Waals surface area contributed by atoms with Gasteiger partial charge in [0.15, 0.2) is 5.82 Å².